The van der Waals surface area contributed by atoms with Gasteiger partial charge in [-0.15, -0.1) is 0 Å². The van der Waals surface area contributed by atoms with E-state index in [2.05, 4.69) is 28.2 Å². The lowest BCUT2D eigenvalue weighted by molar-refractivity contribution is 0.0264. The molecule has 23 heavy (non-hydrogen) atoms. The van der Waals surface area contributed by atoms with Crippen LogP contribution in [-0.4, -0.2) is 57.4 Å². The highest BCUT2D eigenvalue weighted by atomic mass is 16.5. The fraction of sp³-hybridized carbons (Fsp3) is 0.611. The molecule has 0 aromatic heterocycles. The number of hydrogen-bond acceptors (Lipinski definition) is 3. The number of likely N-dealkylation sites (tertiary alicyclic amines) is 1. The minimum atomic E-state index is 0.405. The summed E-state index contributed by atoms with van der Waals surface area (Å²) in [5.41, 5.74) is 1.22. The molecule has 0 saturated carbocycles. The summed E-state index contributed by atoms with van der Waals surface area (Å²) in [5.74, 6) is 1.93. The number of para-hydroxylation sites is 1. The number of piperidine rings is 1. The van der Waals surface area contributed by atoms with E-state index in [0.717, 1.165) is 57.2 Å². The van der Waals surface area contributed by atoms with Crippen LogP contribution < -0.4 is 10.1 Å². The zero-order valence-corrected chi connectivity index (χ0v) is 14.5. The Morgan fingerprint density at radius 2 is 2.04 bits per heavy atom. The highest BCUT2D eigenvalue weighted by molar-refractivity contribution is 5.80. The third kappa shape index (κ3) is 5.13. The number of benzene rings is 1. The van der Waals surface area contributed by atoms with Crippen LogP contribution in [0.2, 0.25) is 0 Å². The molecule has 0 aliphatic carbocycles. The second-order valence-corrected chi connectivity index (χ2v) is 5.68. The first-order chi connectivity index (χ1) is 11.3. The van der Waals surface area contributed by atoms with Crippen molar-refractivity contribution in [3.63, 3.8) is 0 Å². The van der Waals surface area contributed by atoms with Crippen LogP contribution in [0.4, 0.5) is 0 Å². The van der Waals surface area contributed by atoms with E-state index >= 15 is 0 Å². The van der Waals surface area contributed by atoms with Crippen molar-refractivity contribution in [2.75, 3.05) is 40.4 Å². The van der Waals surface area contributed by atoms with E-state index in [1.165, 1.54) is 5.56 Å². The molecule has 1 saturated heterocycles. The first-order valence-electron chi connectivity index (χ1n) is 8.47. The molecule has 0 unspecified atom stereocenters. The van der Waals surface area contributed by atoms with Gasteiger partial charge in [-0.1, -0.05) is 18.2 Å². The van der Waals surface area contributed by atoms with Crippen molar-refractivity contribution in [3.8, 4) is 5.75 Å². The predicted octanol–water partition coefficient (Wildman–Crippen LogP) is 2.31. The van der Waals surface area contributed by atoms with Crippen molar-refractivity contribution in [2.24, 2.45) is 4.99 Å². The minimum Gasteiger partial charge on any atom is -0.496 e. The maximum atomic E-state index is 5.71. The summed E-state index contributed by atoms with van der Waals surface area (Å²) in [6, 6.07) is 8.15. The van der Waals surface area contributed by atoms with Crippen LogP contribution in [0.3, 0.4) is 0 Å². The van der Waals surface area contributed by atoms with E-state index in [-0.39, 0.29) is 0 Å². The summed E-state index contributed by atoms with van der Waals surface area (Å²) in [4.78, 5) is 6.73. The van der Waals surface area contributed by atoms with Crippen molar-refractivity contribution >= 4 is 5.96 Å². The minimum absolute atomic E-state index is 0.405. The number of nitrogens with one attached hydrogen (secondary N) is 1. The lowest BCUT2D eigenvalue weighted by Gasteiger charge is -2.34. The molecule has 1 fully saturated rings. The van der Waals surface area contributed by atoms with Crippen LogP contribution in [0, 0.1) is 0 Å². The lowest BCUT2D eigenvalue weighted by atomic mass is 10.1. The van der Waals surface area contributed by atoms with Gasteiger partial charge in [0.2, 0.25) is 0 Å². The first-order valence-corrected chi connectivity index (χ1v) is 8.47. The smallest absolute Gasteiger partial charge is 0.193 e. The molecule has 5 nitrogen and oxygen atoms in total. The van der Waals surface area contributed by atoms with Crippen molar-refractivity contribution in [1.29, 1.82) is 0 Å². The molecular formula is C18H29N3O2. The summed E-state index contributed by atoms with van der Waals surface area (Å²) >= 11 is 0. The Morgan fingerprint density at radius 3 is 2.70 bits per heavy atom. The van der Waals surface area contributed by atoms with Gasteiger partial charge in [0.25, 0.3) is 0 Å². The van der Waals surface area contributed by atoms with Gasteiger partial charge < -0.3 is 19.7 Å². The van der Waals surface area contributed by atoms with E-state index in [1.807, 2.05) is 25.2 Å². The molecule has 5 heteroatoms. The zero-order valence-electron chi connectivity index (χ0n) is 14.5. The van der Waals surface area contributed by atoms with Crippen molar-refractivity contribution in [1.82, 2.24) is 10.2 Å². The lowest BCUT2D eigenvalue weighted by Crippen LogP contribution is -2.47. The number of methoxy groups -OCH3 is 1. The molecular weight excluding hydrogens is 290 g/mol. The molecule has 1 aromatic rings. The van der Waals surface area contributed by atoms with Gasteiger partial charge in [0, 0.05) is 33.3 Å². The molecule has 0 spiro atoms. The van der Waals surface area contributed by atoms with Crippen molar-refractivity contribution < 1.29 is 9.47 Å². The Kier molecular flexibility index (Phi) is 7.20. The van der Waals surface area contributed by atoms with E-state index < -0.39 is 0 Å². The molecule has 128 valence electrons. The number of hydrogen-bond donors (Lipinski definition) is 1. The highest BCUT2D eigenvalue weighted by Gasteiger charge is 2.21. The van der Waals surface area contributed by atoms with E-state index in [9.17, 15) is 0 Å². The summed E-state index contributed by atoms with van der Waals surface area (Å²) in [6.45, 7) is 5.71. The van der Waals surface area contributed by atoms with Gasteiger partial charge >= 0.3 is 0 Å². The van der Waals surface area contributed by atoms with Crippen LogP contribution in [0.1, 0.15) is 25.3 Å². The molecule has 2 rings (SSSR count). The van der Waals surface area contributed by atoms with Gasteiger partial charge in [-0.3, -0.25) is 4.99 Å². The van der Waals surface area contributed by atoms with Crippen LogP contribution >= 0.6 is 0 Å². The number of guanidine groups is 1. The Hall–Kier alpha value is -1.75. The van der Waals surface area contributed by atoms with Crippen molar-refractivity contribution in [2.45, 2.75) is 32.3 Å². The number of rotatable bonds is 6. The normalized spacial score (nSPS) is 16.5. The zero-order chi connectivity index (χ0) is 16.5. The van der Waals surface area contributed by atoms with Gasteiger partial charge in [0.1, 0.15) is 5.75 Å². The number of ether oxygens (including phenoxy) is 2. The fourth-order valence-electron chi connectivity index (χ4n) is 3.02. The maximum Gasteiger partial charge on any atom is 0.193 e. The average molecular weight is 319 g/mol. The molecule has 1 N–H and O–H groups in total. The van der Waals surface area contributed by atoms with Gasteiger partial charge in [0.05, 0.1) is 13.2 Å². The second-order valence-electron chi connectivity index (χ2n) is 5.68. The highest BCUT2D eigenvalue weighted by Crippen LogP contribution is 2.17. The maximum absolute atomic E-state index is 5.71. The second kappa shape index (κ2) is 9.40. The fourth-order valence-corrected chi connectivity index (χ4v) is 3.02. The molecule has 1 aliphatic rings. The largest absolute Gasteiger partial charge is 0.496 e. The Balaban J connectivity index is 1.80. The average Bonchev–Trinajstić information content (AvgIpc) is 2.60. The summed E-state index contributed by atoms with van der Waals surface area (Å²) in [7, 11) is 3.56. The number of nitrogens with zero attached hydrogens (tertiary/aromatic N) is 2. The molecule has 1 heterocycles. The summed E-state index contributed by atoms with van der Waals surface area (Å²) in [6.07, 6.45) is 3.46. The quantitative estimate of drug-likeness (QED) is 0.646. The summed E-state index contributed by atoms with van der Waals surface area (Å²) in [5, 5.41) is 3.47. The molecule has 0 radical (unpaired) electrons. The first kappa shape index (κ1) is 17.6. The van der Waals surface area contributed by atoms with Gasteiger partial charge in [-0.05, 0) is 37.8 Å². The monoisotopic (exact) mass is 319 g/mol. The van der Waals surface area contributed by atoms with Crippen molar-refractivity contribution in [3.05, 3.63) is 29.8 Å². The topological polar surface area (TPSA) is 46.1 Å². The standard InChI is InChI=1S/C18H29N3O2/c1-4-23-16-10-13-21(14-11-16)18(19-2)20-12-9-15-7-5-6-8-17(15)22-3/h5-8,16H,4,9-14H2,1-3H3,(H,19,20). The molecule has 0 amide bonds. The Labute approximate surface area is 139 Å². The van der Waals surface area contributed by atoms with E-state index in [4.69, 9.17) is 9.47 Å². The molecule has 0 atom stereocenters. The van der Waals surface area contributed by atoms with Crippen LogP contribution in [0.25, 0.3) is 0 Å². The van der Waals surface area contributed by atoms with Gasteiger partial charge in [0.15, 0.2) is 5.96 Å². The number of aliphatic imine (C=N–C) groups is 1. The molecule has 1 aromatic carbocycles. The van der Waals surface area contributed by atoms with E-state index in [0.29, 0.717) is 6.10 Å². The third-order valence-electron chi connectivity index (χ3n) is 4.23. The van der Waals surface area contributed by atoms with Crippen LogP contribution in [0.15, 0.2) is 29.3 Å². The van der Waals surface area contributed by atoms with Gasteiger partial charge in [-0.2, -0.15) is 0 Å². The van der Waals surface area contributed by atoms with E-state index in [1.54, 1.807) is 7.11 Å². The molecule has 1 aliphatic heterocycles. The predicted molar refractivity (Wildman–Crippen MR) is 94.3 cm³/mol. The molecule has 0 bridgehead atoms. The van der Waals surface area contributed by atoms with Crippen LogP contribution in [0.5, 0.6) is 5.75 Å². The summed E-state index contributed by atoms with van der Waals surface area (Å²) < 4.78 is 11.1. The van der Waals surface area contributed by atoms with Crippen LogP contribution in [-0.2, 0) is 11.2 Å². The third-order valence-corrected chi connectivity index (χ3v) is 4.23. The SMILES string of the molecule is CCOC1CCN(C(=NC)NCCc2ccccc2OC)CC1. The van der Waals surface area contributed by atoms with Gasteiger partial charge in [-0.25, -0.2) is 0 Å². The Morgan fingerprint density at radius 1 is 1.30 bits per heavy atom. The Bertz CT molecular complexity index is 497.